The highest BCUT2D eigenvalue weighted by molar-refractivity contribution is 7.09. The van der Waals surface area contributed by atoms with Gasteiger partial charge in [-0.1, -0.05) is 12.1 Å². The van der Waals surface area contributed by atoms with Crippen molar-refractivity contribution >= 4 is 29.0 Å². The zero-order valence-electron chi connectivity index (χ0n) is 22.5. The summed E-state index contributed by atoms with van der Waals surface area (Å²) in [6, 6.07) is 11.7. The SMILES string of the molecule is COc1ccc(CCN(Cc2cccs2)C(=O)CN(CC2CCCO2)C(=O)Nc2ccc(F)cc2F)cc1OC. The lowest BCUT2D eigenvalue weighted by Gasteiger charge is -2.29. The zero-order chi connectivity index (χ0) is 28.5. The third-order valence-corrected chi connectivity index (χ3v) is 7.49. The molecule has 1 fully saturated rings. The van der Waals surface area contributed by atoms with Crippen molar-refractivity contribution in [1.82, 2.24) is 9.80 Å². The van der Waals surface area contributed by atoms with E-state index in [1.165, 1.54) is 4.90 Å². The van der Waals surface area contributed by atoms with E-state index < -0.39 is 17.7 Å². The van der Waals surface area contributed by atoms with Crippen LogP contribution in [0.15, 0.2) is 53.9 Å². The topological polar surface area (TPSA) is 80.3 Å². The number of methoxy groups -OCH3 is 2. The van der Waals surface area contributed by atoms with Crippen LogP contribution in [0.5, 0.6) is 11.5 Å². The second kappa shape index (κ2) is 14.1. The molecule has 1 aromatic heterocycles. The van der Waals surface area contributed by atoms with Crippen LogP contribution in [0.3, 0.4) is 0 Å². The van der Waals surface area contributed by atoms with Crippen LogP contribution in [0, 0.1) is 11.6 Å². The molecule has 0 saturated carbocycles. The molecule has 2 heterocycles. The molecule has 1 unspecified atom stereocenters. The molecule has 0 radical (unpaired) electrons. The van der Waals surface area contributed by atoms with Crippen LogP contribution in [0.1, 0.15) is 23.3 Å². The molecule has 0 bridgehead atoms. The Morgan fingerprint density at radius 3 is 2.58 bits per heavy atom. The lowest BCUT2D eigenvalue weighted by atomic mass is 10.1. The molecule has 1 aliphatic rings. The molecule has 8 nitrogen and oxygen atoms in total. The van der Waals surface area contributed by atoms with E-state index in [-0.39, 0.29) is 30.8 Å². The maximum Gasteiger partial charge on any atom is 0.322 e. The largest absolute Gasteiger partial charge is 0.493 e. The highest BCUT2D eigenvalue weighted by Gasteiger charge is 2.27. The van der Waals surface area contributed by atoms with Gasteiger partial charge in [0.2, 0.25) is 5.91 Å². The predicted octanol–water partition coefficient (Wildman–Crippen LogP) is 5.33. The third kappa shape index (κ3) is 7.92. The van der Waals surface area contributed by atoms with E-state index in [9.17, 15) is 18.4 Å². The van der Waals surface area contributed by atoms with Crippen LogP contribution in [-0.4, -0.2) is 68.3 Å². The lowest BCUT2D eigenvalue weighted by Crippen LogP contribution is -2.47. The summed E-state index contributed by atoms with van der Waals surface area (Å²) >= 11 is 1.54. The number of urea groups is 1. The summed E-state index contributed by atoms with van der Waals surface area (Å²) in [4.78, 5) is 30.9. The van der Waals surface area contributed by atoms with Gasteiger partial charge in [-0.3, -0.25) is 4.79 Å². The number of carbonyl (C=O) groups is 2. The molecule has 1 saturated heterocycles. The van der Waals surface area contributed by atoms with Gasteiger partial charge < -0.3 is 29.3 Å². The molecule has 2 aromatic carbocycles. The van der Waals surface area contributed by atoms with Crippen LogP contribution in [0.25, 0.3) is 0 Å². The molecule has 3 aromatic rings. The minimum atomic E-state index is -0.897. The Hall–Kier alpha value is -3.70. The summed E-state index contributed by atoms with van der Waals surface area (Å²) in [5.41, 5.74) is 0.794. The van der Waals surface area contributed by atoms with E-state index in [4.69, 9.17) is 14.2 Å². The summed E-state index contributed by atoms with van der Waals surface area (Å²) in [7, 11) is 3.14. The maximum atomic E-state index is 14.3. The number of anilines is 1. The van der Waals surface area contributed by atoms with Crippen LogP contribution < -0.4 is 14.8 Å². The number of thiophene rings is 1. The first-order chi connectivity index (χ1) is 19.4. The molecule has 0 spiro atoms. The summed E-state index contributed by atoms with van der Waals surface area (Å²) in [5.74, 6) is -0.692. The summed E-state index contributed by atoms with van der Waals surface area (Å²) in [6.07, 6.45) is 1.93. The van der Waals surface area contributed by atoms with Crippen LogP contribution in [-0.2, 0) is 22.5 Å². The Kier molecular flexibility index (Phi) is 10.3. The molecule has 40 heavy (non-hydrogen) atoms. The number of nitrogens with zero attached hydrogens (tertiary/aromatic N) is 2. The number of carbonyl (C=O) groups excluding carboxylic acids is 2. The first-order valence-corrected chi connectivity index (χ1v) is 13.9. The Bertz CT molecular complexity index is 1280. The summed E-state index contributed by atoms with van der Waals surface area (Å²) in [5, 5.41) is 4.42. The van der Waals surface area contributed by atoms with Gasteiger partial charge in [0.25, 0.3) is 0 Å². The Morgan fingerprint density at radius 2 is 1.90 bits per heavy atom. The Labute approximate surface area is 236 Å². The van der Waals surface area contributed by atoms with E-state index in [1.54, 1.807) is 30.5 Å². The number of nitrogens with one attached hydrogen (secondary N) is 1. The zero-order valence-corrected chi connectivity index (χ0v) is 23.3. The third-order valence-electron chi connectivity index (χ3n) is 6.63. The fourth-order valence-corrected chi connectivity index (χ4v) is 5.20. The van der Waals surface area contributed by atoms with Gasteiger partial charge in [-0.2, -0.15) is 0 Å². The molecular formula is C29H33F2N3O5S. The van der Waals surface area contributed by atoms with Gasteiger partial charge >= 0.3 is 6.03 Å². The van der Waals surface area contributed by atoms with E-state index in [2.05, 4.69) is 5.32 Å². The number of benzene rings is 2. The summed E-state index contributed by atoms with van der Waals surface area (Å²) in [6.45, 7) is 1.30. The van der Waals surface area contributed by atoms with Crippen LogP contribution >= 0.6 is 11.3 Å². The molecule has 4 rings (SSSR count). The molecular weight excluding hydrogens is 540 g/mol. The minimum Gasteiger partial charge on any atom is -0.493 e. The Morgan fingerprint density at radius 1 is 1.07 bits per heavy atom. The van der Waals surface area contributed by atoms with E-state index >= 15 is 0 Å². The first-order valence-electron chi connectivity index (χ1n) is 13.0. The molecule has 214 valence electrons. The van der Waals surface area contributed by atoms with E-state index in [0.717, 1.165) is 35.4 Å². The number of halogens is 2. The maximum absolute atomic E-state index is 14.3. The van der Waals surface area contributed by atoms with E-state index in [1.807, 2.05) is 35.7 Å². The van der Waals surface area contributed by atoms with Crippen molar-refractivity contribution in [2.24, 2.45) is 0 Å². The highest BCUT2D eigenvalue weighted by atomic mass is 32.1. The fourth-order valence-electron chi connectivity index (χ4n) is 4.48. The second-order valence-electron chi connectivity index (χ2n) is 9.40. The predicted molar refractivity (Wildman–Crippen MR) is 149 cm³/mol. The van der Waals surface area contributed by atoms with Gasteiger partial charge in [0, 0.05) is 30.6 Å². The molecule has 1 atom stereocenters. The normalized spacial score (nSPS) is 14.6. The number of rotatable bonds is 12. The molecule has 0 aliphatic carbocycles. The highest BCUT2D eigenvalue weighted by Crippen LogP contribution is 2.28. The monoisotopic (exact) mass is 573 g/mol. The molecule has 1 aliphatic heterocycles. The standard InChI is InChI=1S/C29H33F2N3O5S/c1-37-26-10-7-20(15-27(26)38-2)11-12-33(18-23-6-4-14-40-23)28(35)19-34(17-22-5-3-13-39-22)29(36)32-25-9-8-21(30)16-24(25)31/h4,6-10,14-16,22H,3,5,11-13,17-19H2,1-2H3,(H,32,36). The van der Waals surface area contributed by atoms with Crippen molar-refractivity contribution in [3.05, 3.63) is 76.0 Å². The molecule has 1 N–H and O–H groups in total. The van der Waals surface area contributed by atoms with Crippen LogP contribution in [0.4, 0.5) is 19.3 Å². The van der Waals surface area contributed by atoms with Gasteiger partial charge in [-0.15, -0.1) is 11.3 Å². The molecule has 11 heteroatoms. The lowest BCUT2D eigenvalue weighted by molar-refractivity contribution is -0.132. The van der Waals surface area contributed by atoms with Gasteiger partial charge in [0.1, 0.15) is 18.2 Å². The first kappa shape index (κ1) is 29.3. The number of hydrogen-bond acceptors (Lipinski definition) is 6. The average Bonchev–Trinajstić information content (AvgIpc) is 3.66. The van der Waals surface area contributed by atoms with Crippen molar-refractivity contribution in [3.8, 4) is 11.5 Å². The summed E-state index contributed by atoms with van der Waals surface area (Å²) < 4.78 is 44.1. The van der Waals surface area contributed by atoms with Crippen LogP contribution in [0.2, 0.25) is 0 Å². The fraction of sp³-hybridized carbons (Fsp3) is 0.379. The minimum absolute atomic E-state index is 0.167. The van der Waals surface area contributed by atoms with Gasteiger partial charge in [-0.05, 0) is 60.5 Å². The number of amides is 3. The van der Waals surface area contributed by atoms with Gasteiger partial charge in [0.05, 0.1) is 32.6 Å². The quantitative estimate of drug-likeness (QED) is 0.317. The van der Waals surface area contributed by atoms with E-state index in [0.29, 0.717) is 43.7 Å². The number of hydrogen-bond donors (Lipinski definition) is 1. The van der Waals surface area contributed by atoms with Crippen molar-refractivity contribution in [1.29, 1.82) is 0 Å². The smallest absolute Gasteiger partial charge is 0.322 e. The van der Waals surface area contributed by atoms with Gasteiger partial charge in [0.15, 0.2) is 11.5 Å². The van der Waals surface area contributed by atoms with Crippen molar-refractivity contribution < 1.29 is 32.6 Å². The molecule has 3 amide bonds. The van der Waals surface area contributed by atoms with Crippen molar-refractivity contribution in [3.63, 3.8) is 0 Å². The van der Waals surface area contributed by atoms with Crippen molar-refractivity contribution in [2.75, 3.05) is 45.8 Å². The van der Waals surface area contributed by atoms with Gasteiger partial charge in [-0.25, -0.2) is 13.6 Å². The Balaban J connectivity index is 1.50. The second-order valence-corrected chi connectivity index (χ2v) is 10.4. The average molecular weight is 574 g/mol. The van der Waals surface area contributed by atoms with Crippen molar-refractivity contribution in [2.45, 2.75) is 31.9 Å². The number of ether oxygens (including phenoxy) is 3.